The van der Waals surface area contributed by atoms with Gasteiger partial charge in [-0.2, -0.15) is 0 Å². The van der Waals surface area contributed by atoms with Gasteiger partial charge in [-0.05, 0) is 43.2 Å². The molecule has 0 bridgehead atoms. The molecule has 0 aliphatic carbocycles. The molecular formula is C17H17ClN2O2. The van der Waals surface area contributed by atoms with Crippen LogP contribution in [0.2, 0.25) is 5.02 Å². The molecule has 0 aromatic heterocycles. The highest BCUT2D eigenvalue weighted by Crippen LogP contribution is 2.19. The molecule has 22 heavy (non-hydrogen) atoms. The number of benzene rings is 2. The second-order valence-electron chi connectivity index (χ2n) is 5.02. The van der Waals surface area contributed by atoms with E-state index in [-0.39, 0.29) is 6.04 Å². The summed E-state index contributed by atoms with van der Waals surface area (Å²) in [6, 6.07) is 14.3. The molecular weight excluding hydrogens is 300 g/mol. The van der Waals surface area contributed by atoms with E-state index in [4.69, 9.17) is 11.6 Å². The van der Waals surface area contributed by atoms with Crippen LogP contribution in [0.25, 0.3) is 0 Å². The molecule has 0 saturated heterocycles. The second kappa shape index (κ2) is 7.09. The Morgan fingerprint density at radius 3 is 2.36 bits per heavy atom. The molecule has 0 heterocycles. The first-order valence-corrected chi connectivity index (χ1v) is 7.28. The number of hydrogen-bond donors (Lipinski definition) is 2. The van der Waals surface area contributed by atoms with E-state index in [0.717, 1.165) is 11.1 Å². The van der Waals surface area contributed by atoms with Gasteiger partial charge in [-0.3, -0.25) is 9.59 Å². The summed E-state index contributed by atoms with van der Waals surface area (Å²) in [5.74, 6) is -1.38. The largest absolute Gasteiger partial charge is 0.341 e. The molecule has 1 unspecified atom stereocenters. The average molecular weight is 317 g/mol. The number of hydrogen-bond acceptors (Lipinski definition) is 2. The fraction of sp³-hybridized carbons (Fsp3) is 0.176. The van der Waals surface area contributed by atoms with Crippen molar-refractivity contribution in [2.75, 3.05) is 5.32 Å². The predicted octanol–water partition coefficient (Wildman–Crippen LogP) is 3.46. The van der Waals surface area contributed by atoms with Gasteiger partial charge < -0.3 is 10.6 Å². The van der Waals surface area contributed by atoms with E-state index in [1.807, 2.05) is 44.2 Å². The molecule has 4 nitrogen and oxygen atoms in total. The van der Waals surface area contributed by atoms with Crippen molar-refractivity contribution in [3.8, 4) is 0 Å². The van der Waals surface area contributed by atoms with Crippen LogP contribution in [0.1, 0.15) is 24.1 Å². The smallest absolute Gasteiger partial charge is 0.313 e. The second-order valence-corrected chi connectivity index (χ2v) is 5.46. The van der Waals surface area contributed by atoms with Crippen LogP contribution >= 0.6 is 11.6 Å². The average Bonchev–Trinajstić information content (AvgIpc) is 2.50. The van der Waals surface area contributed by atoms with Crippen molar-refractivity contribution >= 4 is 29.1 Å². The van der Waals surface area contributed by atoms with Crippen LogP contribution in [-0.4, -0.2) is 11.8 Å². The Bertz CT molecular complexity index is 686. The molecule has 0 aliphatic heterocycles. The van der Waals surface area contributed by atoms with Crippen LogP contribution in [0, 0.1) is 6.92 Å². The van der Waals surface area contributed by atoms with Gasteiger partial charge in [-0.25, -0.2) is 0 Å². The molecule has 114 valence electrons. The highest BCUT2D eigenvalue weighted by atomic mass is 35.5. The van der Waals surface area contributed by atoms with Gasteiger partial charge in [0, 0.05) is 10.7 Å². The quantitative estimate of drug-likeness (QED) is 0.852. The maximum absolute atomic E-state index is 12.0. The number of aryl methyl sites for hydroxylation is 1. The summed E-state index contributed by atoms with van der Waals surface area (Å²) in [6.07, 6.45) is 0. The molecule has 2 aromatic carbocycles. The normalized spacial score (nSPS) is 11.6. The zero-order valence-electron chi connectivity index (χ0n) is 12.4. The topological polar surface area (TPSA) is 58.2 Å². The van der Waals surface area contributed by atoms with Crippen molar-refractivity contribution in [2.24, 2.45) is 0 Å². The number of carbonyl (C=O) groups is 2. The molecule has 2 amide bonds. The van der Waals surface area contributed by atoms with E-state index in [2.05, 4.69) is 10.6 Å². The van der Waals surface area contributed by atoms with Crippen molar-refractivity contribution in [3.05, 3.63) is 64.7 Å². The van der Waals surface area contributed by atoms with Gasteiger partial charge in [-0.15, -0.1) is 0 Å². The van der Waals surface area contributed by atoms with E-state index in [1.54, 1.807) is 18.2 Å². The maximum atomic E-state index is 12.0. The summed E-state index contributed by atoms with van der Waals surface area (Å²) in [4.78, 5) is 23.9. The molecule has 0 radical (unpaired) electrons. The molecule has 0 fully saturated rings. The van der Waals surface area contributed by atoms with Crippen LogP contribution in [0.5, 0.6) is 0 Å². The fourth-order valence-electron chi connectivity index (χ4n) is 2.03. The number of halogens is 1. The van der Waals surface area contributed by atoms with E-state index >= 15 is 0 Å². The van der Waals surface area contributed by atoms with Crippen molar-refractivity contribution in [1.82, 2.24) is 5.32 Å². The third kappa shape index (κ3) is 4.09. The Hall–Kier alpha value is -2.33. The predicted molar refractivity (Wildman–Crippen MR) is 87.8 cm³/mol. The molecule has 1 atom stereocenters. The number of carbonyl (C=O) groups excluding carboxylic acids is 2. The van der Waals surface area contributed by atoms with Crippen LogP contribution in [0.3, 0.4) is 0 Å². The number of nitrogens with one attached hydrogen (secondary N) is 2. The summed E-state index contributed by atoms with van der Waals surface area (Å²) in [5.41, 5.74) is 2.30. The lowest BCUT2D eigenvalue weighted by atomic mass is 10.1. The van der Waals surface area contributed by atoms with Gasteiger partial charge in [0.2, 0.25) is 0 Å². The maximum Gasteiger partial charge on any atom is 0.313 e. The van der Waals surface area contributed by atoms with Crippen LogP contribution in [0.15, 0.2) is 48.5 Å². The standard InChI is InChI=1S/C17H17ClN2O2/c1-11-10-14(18)8-9-15(11)20-17(22)16(21)19-12(2)13-6-4-3-5-7-13/h3-10,12H,1-2H3,(H,19,21)(H,20,22). The SMILES string of the molecule is Cc1cc(Cl)ccc1NC(=O)C(=O)NC(C)c1ccccc1. The van der Waals surface area contributed by atoms with E-state index in [1.165, 1.54) is 0 Å². The fourth-order valence-corrected chi connectivity index (χ4v) is 2.26. The van der Waals surface area contributed by atoms with E-state index in [9.17, 15) is 9.59 Å². The summed E-state index contributed by atoms with van der Waals surface area (Å²) < 4.78 is 0. The zero-order chi connectivity index (χ0) is 16.1. The van der Waals surface area contributed by atoms with Crippen molar-refractivity contribution in [2.45, 2.75) is 19.9 Å². The van der Waals surface area contributed by atoms with Crippen LogP contribution in [0.4, 0.5) is 5.69 Å². The zero-order valence-corrected chi connectivity index (χ0v) is 13.1. The summed E-state index contributed by atoms with van der Waals surface area (Å²) in [6.45, 7) is 3.64. The number of anilines is 1. The first-order valence-electron chi connectivity index (χ1n) is 6.90. The Labute approximate surface area is 134 Å². The first kappa shape index (κ1) is 16.0. The van der Waals surface area contributed by atoms with Gasteiger partial charge in [0.15, 0.2) is 0 Å². The van der Waals surface area contributed by atoms with Gasteiger partial charge >= 0.3 is 11.8 Å². The summed E-state index contributed by atoms with van der Waals surface area (Å²) >= 11 is 5.86. The van der Waals surface area contributed by atoms with Crippen molar-refractivity contribution in [3.63, 3.8) is 0 Å². The third-order valence-corrected chi connectivity index (χ3v) is 3.53. The number of rotatable bonds is 3. The lowest BCUT2D eigenvalue weighted by Crippen LogP contribution is -2.37. The minimum Gasteiger partial charge on any atom is -0.341 e. The minimum absolute atomic E-state index is 0.245. The Morgan fingerprint density at radius 2 is 1.73 bits per heavy atom. The van der Waals surface area contributed by atoms with Gasteiger partial charge in [0.25, 0.3) is 0 Å². The van der Waals surface area contributed by atoms with Crippen molar-refractivity contribution < 1.29 is 9.59 Å². The third-order valence-electron chi connectivity index (χ3n) is 3.29. The Morgan fingerprint density at radius 1 is 1.05 bits per heavy atom. The van der Waals surface area contributed by atoms with Gasteiger partial charge in [-0.1, -0.05) is 41.9 Å². The van der Waals surface area contributed by atoms with Crippen LogP contribution < -0.4 is 10.6 Å². The lowest BCUT2D eigenvalue weighted by Gasteiger charge is -2.14. The molecule has 2 rings (SSSR count). The summed E-state index contributed by atoms with van der Waals surface area (Å²) in [7, 11) is 0. The molecule has 2 N–H and O–H groups in total. The molecule has 5 heteroatoms. The highest BCUT2D eigenvalue weighted by Gasteiger charge is 2.17. The molecule has 0 spiro atoms. The molecule has 0 aliphatic rings. The lowest BCUT2D eigenvalue weighted by molar-refractivity contribution is -0.136. The van der Waals surface area contributed by atoms with Crippen LogP contribution in [-0.2, 0) is 9.59 Å². The van der Waals surface area contributed by atoms with Gasteiger partial charge in [0.05, 0.1) is 6.04 Å². The van der Waals surface area contributed by atoms with Gasteiger partial charge in [0.1, 0.15) is 0 Å². The first-order chi connectivity index (χ1) is 10.5. The highest BCUT2D eigenvalue weighted by molar-refractivity contribution is 6.39. The van der Waals surface area contributed by atoms with E-state index in [0.29, 0.717) is 10.7 Å². The van der Waals surface area contributed by atoms with Crippen molar-refractivity contribution in [1.29, 1.82) is 0 Å². The van der Waals surface area contributed by atoms with E-state index < -0.39 is 11.8 Å². The minimum atomic E-state index is -0.701. The monoisotopic (exact) mass is 316 g/mol. The molecule has 2 aromatic rings. The molecule has 0 saturated carbocycles. The Kier molecular flexibility index (Phi) is 5.17. The summed E-state index contributed by atoms with van der Waals surface area (Å²) in [5, 5.41) is 5.84. The number of amides is 2. The Balaban J connectivity index is 1.99.